The summed E-state index contributed by atoms with van der Waals surface area (Å²) in [7, 11) is 0. The molecule has 1 aromatic rings. The third-order valence-corrected chi connectivity index (χ3v) is 2.10. The quantitative estimate of drug-likeness (QED) is 0.728. The van der Waals surface area contributed by atoms with Crippen LogP contribution in [0.3, 0.4) is 0 Å². The van der Waals surface area contributed by atoms with Gasteiger partial charge in [-0.2, -0.15) is 18.4 Å². The fourth-order valence-electron chi connectivity index (χ4n) is 1.30. The van der Waals surface area contributed by atoms with Crippen LogP contribution in [-0.2, 0) is 6.18 Å². The van der Waals surface area contributed by atoms with Crippen molar-refractivity contribution in [2.24, 2.45) is 4.99 Å². The summed E-state index contributed by atoms with van der Waals surface area (Å²) in [5.41, 5.74) is -0.386. The van der Waals surface area contributed by atoms with Crippen molar-refractivity contribution in [3.63, 3.8) is 0 Å². The first kappa shape index (κ1) is 12.2. The van der Waals surface area contributed by atoms with Crippen molar-refractivity contribution in [2.45, 2.75) is 18.6 Å². The molecule has 0 heterocycles. The molecule has 0 saturated heterocycles. The predicted octanol–water partition coefficient (Wildman–Crippen LogP) is 3.36. The molecule has 5 heteroatoms. The number of alkyl halides is 3. The molecule has 2 nitrogen and oxygen atoms in total. The number of rotatable bonds is 3. The van der Waals surface area contributed by atoms with E-state index in [9.17, 15) is 13.2 Å². The normalized spacial score (nSPS) is 12.9. The molecule has 0 spiro atoms. The summed E-state index contributed by atoms with van der Waals surface area (Å²) in [5, 5.41) is 8.50. The first-order chi connectivity index (χ1) is 7.49. The summed E-state index contributed by atoms with van der Waals surface area (Å²) < 4.78 is 37.2. The minimum absolute atomic E-state index is 0.0187. The van der Waals surface area contributed by atoms with Crippen LogP contribution < -0.4 is 0 Å². The van der Waals surface area contributed by atoms with Gasteiger partial charge in [0, 0.05) is 0 Å². The Morgan fingerprint density at radius 1 is 1.44 bits per heavy atom. The number of hydrogen-bond donors (Lipinski definition) is 0. The average molecular weight is 226 g/mol. The Morgan fingerprint density at radius 2 is 2.12 bits per heavy atom. The van der Waals surface area contributed by atoms with Crippen molar-refractivity contribution < 1.29 is 13.2 Å². The lowest BCUT2D eigenvalue weighted by Gasteiger charge is -2.11. The van der Waals surface area contributed by atoms with Crippen LogP contribution in [-0.4, -0.2) is 6.72 Å². The molecule has 84 valence electrons. The molecule has 1 unspecified atom stereocenters. The summed E-state index contributed by atoms with van der Waals surface area (Å²) in [6.07, 6.45) is -4.36. The van der Waals surface area contributed by atoms with E-state index in [1.807, 2.05) is 6.07 Å². The first-order valence-corrected chi connectivity index (χ1v) is 4.49. The Hall–Kier alpha value is -1.83. The Labute approximate surface area is 91.0 Å². The highest BCUT2D eigenvalue weighted by Gasteiger charge is 2.30. The van der Waals surface area contributed by atoms with Crippen molar-refractivity contribution in [3.05, 3.63) is 35.4 Å². The van der Waals surface area contributed by atoms with Crippen LogP contribution in [0.4, 0.5) is 13.2 Å². The average Bonchev–Trinajstić information content (AvgIpc) is 2.25. The van der Waals surface area contributed by atoms with E-state index in [-0.39, 0.29) is 6.42 Å². The van der Waals surface area contributed by atoms with E-state index in [1.165, 1.54) is 12.1 Å². The highest BCUT2D eigenvalue weighted by Crippen LogP contribution is 2.31. The van der Waals surface area contributed by atoms with Crippen molar-refractivity contribution in [1.29, 1.82) is 5.26 Å². The second-order valence-corrected chi connectivity index (χ2v) is 3.18. The molecule has 0 saturated carbocycles. The molecule has 1 rings (SSSR count). The van der Waals surface area contributed by atoms with Crippen LogP contribution in [0.25, 0.3) is 0 Å². The molecule has 0 bridgehead atoms. The van der Waals surface area contributed by atoms with Crippen LogP contribution >= 0.6 is 0 Å². The predicted molar refractivity (Wildman–Crippen MR) is 54.0 cm³/mol. The second-order valence-electron chi connectivity index (χ2n) is 3.18. The first-order valence-electron chi connectivity index (χ1n) is 4.49. The van der Waals surface area contributed by atoms with Crippen LogP contribution in [0, 0.1) is 11.3 Å². The summed E-state index contributed by atoms with van der Waals surface area (Å²) in [6.45, 7) is 3.27. The molecule has 0 N–H and O–H groups in total. The third kappa shape index (κ3) is 2.83. The van der Waals surface area contributed by atoms with Gasteiger partial charge in [0.15, 0.2) is 0 Å². The molecule has 1 atom stereocenters. The van der Waals surface area contributed by atoms with Gasteiger partial charge in [-0.1, -0.05) is 12.1 Å². The largest absolute Gasteiger partial charge is 0.416 e. The zero-order valence-corrected chi connectivity index (χ0v) is 8.33. The summed E-state index contributed by atoms with van der Waals surface area (Å²) in [5.74, 6) is 0. The lowest BCUT2D eigenvalue weighted by Crippen LogP contribution is -2.06. The summed E-state index contributed by atoms with van der Waals surface area (Å²) >= 11 is 0. The van der Waals surface area contributed by atoms with E-state index < -0.39 is 17.8 Å². The molecule has 0 fully saturated rings. The van der Waals surface area contributed by atoms with Gasteiger partial charge in [0.1, 0.15) is 0 Å². The van der Waals surface area contributed by atoms with Gasteiger partial charge >= 0.3 is 6.18 Å². The number of halogens is 3. The van der Waals surface area contributed by atoms with Crippen molar-refractivity contribution in [2.75, 3.05) is 0 Å². The van der Waals surface area contributed by atoms with Crippen molar-refractivity contribution >= 4 is 6.72 Å². The minimum Gasteiger partial charge on any atom is -0.292 e. The standard InChI is InChI=1S/C11H9F3N2/c1-16-10(5-6-15)8-3-2-4-9(7-8)11(12,13)14/h2-4,7,10H,1,5H2. The molecule has 0 aromatic heterocycles. The SMILES string of the molecule is C=NC(CC#N)c1cccc(C(F)(F)F)c1. The smallest absolute Gasteiger partial charge is 0.292 e. The number of benzene rings is 1. The maximum Gasteiger partial charge on any atom is 0.416 e. The molecular weight excluding hydrogens is 217 g/mol. The van der Waals surface area contributed by atoms with E-state index in [4.69, 9.17) is 5.26 Å². The molecule has 0 aliphatic rings. The molecule has 1 aromatic carbocycles. The lowest BCUT2D eigenvalue weighted by molar-refractivity contribution is -0.137. The summed E-state index contributed by atoms with van der Waals surface area (Å²) in [4.78, 5) is 3.63. The second kappa shape index (κ2) is 4.79. The van der Waals surface area contributed by atoms with Crippen LogP contribution in [0.15, 0.2) is 29.3 Å². The fourth-order valence-corrected chi connectivity index (χ4v) is 1.30. The van der Waals surface area contributed by atoms with Gasteiger partial charge in [-0.15, -0.1) is 0 Å². The van der Waals surface area contributed by atoms with Gasteiger partial charge in [0.2, 0.25) is 0 Å². The molecule has 16 heavy (non-hydrogen) atoms. The molecule has 0 aliphatic carbocycles. The summed E-state index contributed by atoms with van der Waals surface area (Å²) in [6, 6.07) is 6.04. The molecule has 0 amide bonds. The highest BCUT2D eigenvalue weighted by atomic mass is 19.4. The van der Waals surface area contributed by atoms with Gasteiger partial charge < -0.3 is 0 Å². The minimum atomic E-state index is -4.38. The van der Waals surface area contributed by atoms with Gasteiger partial charge in [-0.05, 0) is 24.4 Å². The highest BCUT2D eigenvalue weighted by molar-refractivity contribution is 5.32. The number of nitrogens with zero attached hydrogens (tertiary/aromatic N) is 2. The van der Waals surface area contributed by atoms with E-state index in [0.717, 1.165) is 12.1 Å². The lowest BCUT2D eigenvalue weighted by atomic mass is 10.0. The van der Waals surface area contributed by atoms with E-state index in [0.29, 0.717) is 5.56 Å². The maximum absolute atomic E-state index is 12.4. The number of hydrogen-bond acceptors (Lipinski definition) is 2. The Balaban J connectivity index is 3.07. The van der Waals surface area contributed by atoms with E-state index in [1.54, 1.807) is 0 Å². The zero-order valence-electron chi connectivity index (χ0n) is 8.33. The van der Waals surface area contributed by atoms with Gasteiger partial charge in [-0.3, -0.25) is 4.99 Å². The number of nitriles is 1. The monoisotopic (exact) mass is 226 g/mol. The van der Waals surface area contributed by atoms with Crippen molar-refractivity contribution in [1.82, 2.24) is 0 Å². The van der Waals surface area contributed by atoms with Crippen molar-refractivity contribution in [3.8, 4) is 6.07 Å². The van der Waals surface area contributed by atoms with Gasteiger partial charge in [0.05, 0.1) is 24.1 Å². The van der Waals surface area contributed by atoms with E-state index >= 15 is 0 Å². The third-order valence-electron chi connectivity index (χ3n) is 2.10. The Morgan fingerprint density at radius 3 is 2.62 bits per heavy atom. The topological polar surface area (TPSA) is 36.1 Å². The van der Waals surface area contributed by atoms with E-state index in [2.05, 4.69) is 11.7 Å². The van der Waals surface area contributed by atoms with Gasteiger partial charge in [-0.25, -0.2) is 0 Å². The Kier molecular flexibility index (Phi) is 3.67. The van der Waals surface area contributed by atoms with Gasteiger partial charge in [0.25, 0.3) is 0 Å². The molecule has 0 aliphatic heterocycles. The van der Waals surface area contributed by atoms with Crippen LogP contribution in [0.1, 0.15) is 23.6 Å². The maximum atomic E-state index is 12.4. The molecule has 0 radical (unpaired) electrons. The van der Waals surface area contributed by atoms with Crippen LogP contribution in [0.5, 0.6) is 0 Å². The van der Waals surface area contributed by atoms with Crippen LogP contribution in [0.2, 0.25) is 0 Å². The zero-order chi connectivity index (χ0) is 12.2. The number of aliphatic imine (C=N–C) groups is 1. The molecular formula is C11H9F3N2. The fraction of sp³-hybridized carbons (Fsp3) is 0.273. The Bertz CT molecular complexity index is 418.